The molecule has 6 nitrogen and oxygen atoms in total. The van der Waals surface area contributed by atoms with Gasteiger partial charge in [0, 0.05) is 5.39 Å². The number of hydrogen-bond donors (Lipinski definition) is 2. The Morgan fingerprint density at radius 2 is 1.71 bits per heavy atom. The smallest absolute Gasteiger partial charge is 0.344 e. The zero-order valence-corrected chi connectivity index (χ0v) is 18.4. The van der Waals surface area contributed by atoms with Gasteiger partial charge in [0.05, 0.1) is 38.4 Å². The van der Waals surface area contributed by atoms with Crippen LogP contribution in [0, 0.1) is 6.92 Å². The lowest BCUT2D eigenvalue weighted by Crippen LogP contribution is -3.10. The van der Waals surface area contributed by atoms with Crippen LogP contribution in [0.15, 0.2) is 39.5 Å². The van der Waals surface area contributed by atoms with Crippen molar-refractivity contribution in [2.24, 2.45) is 0 Å². The highest BCUT2D eigenvalue weighted by Gasteiger charge is 2.22. The van der Waals surface area contributed by atoms with Gasteiger partial charge in [0.25, 0.3) is 0 Å². The van der Waals surface area contributed by atoms with E-state index in [1.165, 1.54) is 30.6 Å². The standard InChI is InChI=1S/C25H29NO5/c1-16-18-9-10-20(27)19(15-26-12-6-4-5-7-13-26)24(18)31-25(28)23(16)17-8-11-21(29-2)22(14-17)30-3/h8-11,14,27H,4-7,12-13,15H2,1-3H3/p+1. The van der Waals surface area contributed by atoms with Gasteiger partial charge in [-0.15, -0.1) is 0 Å². The molecular weight excluding hydrogens is 394 g/mol. The van der Waals surface area contributed by atoms with Gasteiger partial charge in [-0.3, -0.25) is 0 Å². The number of likely N-dealkylation sites (tertiary alicyclic amines) is 1. The Morgan fingerprint density at radius 1 is 1.00 bits per heavy atom. The molecule has 1 saturated heterocycles. The largest absolute Gasteiger partial charge is 0.507 e. The summed E-state index contributed by atoms with van der Waals surface area (Å²) in [6, 6.07) is 8.93. The predicted molar refractivity (Wildman–Crippen MR) is 120 cm³/mol. The van der Waals surface area contributed by atoms with Crippen LogP contribution in [0.1, 0.15) is 36.8 Å². The van der Waals surface area contributed by atoms with E-state index in [0.29, 0.717) is 40.3 Å². The van der Waals surface area contributed by atoms with Crippen LogP contribution in [-0.4, -0.2) is 32.4 Å². The van der Waals surface area contributed by atoms with Gasteiger partial charge < -0.3 is 23.9 Å². The summed E-state index contributed by atoms with van der Waals surface area (Å²) in [5.41, 5.74) is 2.81. The second kappa shape index (κ2) is 9.02. The number of nitrogens with one attached hydrogen (secondary N) is 1. The highest BCUT2D eigenvalue weighted by atomic mass is 16.5. The molecule has 1 aliphatic heterocycles. The number of methoxy groups -OCH3 is 2. The van der Waals surface area contributed by atoms with Gasteiger partial charge in [0.15, 0.2) is 17.1 Å². The zero-order chi connectivity index (χ0) is 22.0. The number of quaternary nitrogens is 1. The van der Waals surface area contributed by atoms with E-state index in [4.69, 9.17) is 13.9 Å². The highest BCUT2D eigenvalue weighted by Crippen LogP contribution is 2.35. The summed E-state index contributed by atoms with van der Waals surface area (Å²) >= 11 is 0. The van der Waals surface area contributed by atoms with E-state index in [0.717, 1.165) is 24.0 Å². The van der Waals surface area contributed by atoms with Crippen LogP contribution in [0.4, 0.5) is 0 Å². The molecule has 0 aliphatic carbocycles. The average Bonchev–Trinajstić information content (AvgIpc) is 3.04. The molecule has 2 heterocycles. The van der Waals surface area contributed by atoms with Crippen LogP contribution >= 0.6 is 0 Å². The van der Waals surface area contributed by atoms with Crippen molar-refractivity contribution in [1.29, 1.82) is 0 Å². The Hall–Kier alpha value is -2.99. The lowest BCUT2D eigenvalue weighted by atomic mass is 9.97. The Balaban J connectivity index is 1.82. The summed E-state index contributed by atoms with van der Waals surface area (Å²) in [4.78, 5) is 14.5. The van der Waals surface area contributed by atoms with Crippen molar-refractivity contribution in [2.75, 3.05) is 27.3 Å². The Bertz CT molecular complexity index is 1140. The molecular formula is C25H30NO5+. The molecule has 1 aromatic heterocycles. The first-order valence-corrected chi connectivity index (χ1v) is 10.9. The topological polar surface area (TPSA) is 73.3 Å². The molecule has 0 spiro atoms. The van der Waals surface area contributed by atoms with Crippen molar-refractivity contribution in [3.8, 4) is 28.4 Å². The highest BCUT2D eigenvalue weighted by molar-refractivity contribution is 5.90. The lowest BCUT2D eigenvalue weighted by molar-refractivity contribution is -0.913. The second-order valence-corrected chi connectivity index (χ2v) is 8.24. The fourth-order valence-corrected chi connectivity index (χ4v) is 4.61. The Labute approximate surface area is 182 Å². The third kappa shape index (κ3) is 4.12. The molecule has 0 atom stereocenters. The number of hydrogen-bond acceptors (Lipinski definition) is 5. The number of phenolic OH excluding ortho intramolecular Hbond substituents is 1. The molecule has 4 rings (SSSR count). The van der Waals surface area contributed by atoms with Gasteiger partial charge in [0.1, 0.15) is 12.3 Å². The van der Waals surface area contributed by atoms with Crippen molar-refractivity contribution >= 4 is 11.0 Å². The van der Waals surface area contributed by atoms with E-state index in [1.807, 2.05) is 19.1 Å². The number of rotatable bonds is 5. The number of ether oxygens (including phenoxy) is 2. The van der Waals surface area contributed by atoms with Crippen molar-refractivity contribution < 1.29 is 23.9 Å². The van der Waals surface area contributed by atoms with E-state index in [9.17, 15) is 9.90 Å². The van der Waals surface area contributed by atoms with Crippen LogP contribution in [0.5, 0.6) is 17.2 Å². The number of aromatic hydroxyl groups is 1. The fraction of sp³-hybridized carbons (Fsp3) is 0.400. The van der Waals surface area contributed by atoms with Gasteiger partial charge in [0.2, 0.25) is 0 Å². The van der Waals surface area contributed by atoms with E-state index in [-0.39, 0.29) is 5.75 Å². The van der Waals surface area contributed by atoms with Crippen LogP contribution in [0.25, 0.3) is 22.1 Å². The third-order valence-corrected chi connectivity index (χ3v) is 6.32. The Morgan fingerprint density at radius 3 is 2.39 bits per heavy atom. The number of phenols is 1. The molecule has 0 radical (unpaired) electrons. The molecule has 0 amide bonds. The SMILES string of the molecule is COc1ccc(-c2c(C)c3ccc(O)c(C[NH+]4CCCCCC4)c3oc2=O)cc1OC. The molecule has 0 saturated carbocycles. The maximum absolute atomic E-state index is 13.1. The fourth-order valence-electron chi connectivity index (χ4n) is 4.61. The normalized spacial score (nSPS) is 15.1. The molecule has 164 valence electrons. The zero-order valence-electron chi connectivity index (χ0n) is 18.4. The van der Waals surface area contributed by atoms with Gasteiger partial charge >= 0.3 is 5.63 Å². The van der Waals surface area contributed by atoms with Crippen LogP contribution < -0.4 is 20.0 Å². The maximum atomic E-state index is 13.1. The van der Waals surface area contributed by atoms with E-state index in [2.05, 4.69) is 0 Å². The molecule has 0 bridgehead atoms. The van der Waals surface area contributed by atoms with Crippen molar-refractivity contribution in [2.45, 2.75) is 39.2 Å². The number of aryl methyl sites for hydroxylation is 1. The van der Waals surface area contributed by atoms with Crippen molar-refractivity contribution in [1.82, 2.24) is 0 Å². The van der Waals surface area contributed by atoms with E-state index < -0.39 is 5.63 Å². The van der Waals surface area contributed by atoms with Crippen molar-refractivity contribution in [3.05, 3.63) is 51.9 Å². The first kappa shape index (κ1) is 21.2. The summed E-state index contributed by atoms with van der Waals surface area (Å²) in [6.45, 7) is 4.72. The predicted octanol–water partition coefficient (Wildman–Crippen LogP) is 3.45. The summed E-state index contributed by atoms with van der Waals surface area (Å²) in [6.07, 6.45) is 4.89. The molecule has 31 heavy (non-hydrogen) atoms. The van der Waals surface area contributed by atoms with Gasteiger partial charge in [-0.1, -0.05) is 6.07 Å². The van der Waals surface area contributed by atoms with Gasteiger partial charge in [-0.25, -0.2) is 4.79 Å². The van der Waals surface area contributed by atoms with Gasteiger partial charge in [-0.05, 0) is 68.0 Å². The summed E-state index contributed by atoms with van der Waals surface area (Å²) in [5.74, 6) is 1.34. The maximum Gasteiger partial charge on any atom is 0.344 e. The molecule has 2 aromatic carbocycles. The first-order valence-electron chi connectivity index (χ1n) is 10.9. The van der Waals surface area contributed by atoms with Gasteiger partial charge in [-0.2, -0.15) is 0 Å². The number of fused-ring (bicyclic) bond motifs is 1. The minimum absolute atomic E-state index is 0.186. The summed E-state index contributed by atoms with van der Waals surface area (Å²) < 4.78 is 16.6. The van der Waals surface area contributed by atoms with Crippen molar-refractivity contribution in [3.63, 3.8) is 0 Å². The second-order valence-electron chi connectivity index (χ2n) is 8.24. The van der Waals surface area contributed by atoms with Crippen LogP contribution in [-0.2, 0) is 6.54 Å². The molecule has 1 aliphatic rings. The molecule has 2 N–H and O–H groups in total. The van der Waals surface area contributed by atoms with E-state index in [1.54, 1.807) is 32.4 Å². The monoisotopic (exact) mass is 424 g/mol. The number of benzene rings is 2. The minimum atomic E-state index is -0.421. The first-order chi connectivity index (χ1) is 15.0. The van der Waals surface area contributed by atoms with Crippen LogP contribution in [0.2, 0.25) is 0 Å². The lowest BCUT2D eigenvalue weighted by Gasteiger charge is -2.19. The summed E-state index contributed by atoms with van der Waals surface area (Å²) in [7, 11) is 3.14. The van der Waals surface area contributed by atoms with Crippen LogP contribution in [0.3, 0.4) is 0 Å². The molecule has 0 unspecified atom stereocenters. The third-order valence-electron chi connectivity index (χ3n) is 6.32. The molecule has 6 heteroatoms. The Kier molecular flexibility index (Phi) is 6.18. The minimum Gasteiger partial charge on any atom is -0.507 e. The average molecular weight is 425 g/mol. The van der Waals surface area contributed by atoms with E-state index >= 15 is 0 Å². The molecule has 1 fully saturated rings. The quantitative estimate of drug-likeness (QED) is 0.614. The summed E-state index contributed by atoms with van der Waals surface area (Å²) in [5, 5.41) is 11.4. The molecule has 3 aromatic rings.